The van der Waals surface area contributed by atoms with E-state index in [0.29, 0.717) is 11.6 Å². The van der Waals surface area contributed by atoms with E-state index in [9.17, 15) is 0 Å². The topological polar surface area (TPSA) is 98.6 Å². The monoisotopic (exact) mass is 270 g/mol. The van der Waals surface area contributed by atoms with E-state index >= 15 is 0 Å². The van der Waals surface area contributed by atoms with E-state index in [1.165, 1.54) is 19.5 Å². The minimum atomic E-state index is 0.171. The van der Waals surface area contributed by atoms with Crippen molar-refractivity contribution in [1.29, 1.82) is 0 Å². The second kappa shape index (κ2) is 6.37. The highest BCUT2D eigenvalue weighted by molar-refractivity contribution is 6.00. The van der Waals surface area contributed by atoms with Crippen LogP contribution in [0.15, 0.2) is 47.1 Å². The highest BCUT2D eigenvalue weighted by atomic mass is 16.5. The van der Waals surface area contributed by atoms with Crippen LogP contribution in [0.1, 0.15) is 18.2 Å². The van der Waals surface area contributed by atoms with Crippen LogP contribution >= 0.6 is 0 Å². The summed E-state index contributed by atoms with van der Waals surface area (Å²) in [4.78, 5) is 12.0. The van der Waals surface area contributed by atoms with Gasteiger partial charge in [0.2, 0.25) is 5.88 Å². The van der Waals surface area contributed by atoms with Crippen LogP contribution < -0.4 is 10.5 Å². The summed E-state index contributed by atoms with van der Waals surface area (Å²) in [5, 5.41) is 8.02. The summed E-state index contributed by atoms with van der Waals surface area (Å²) in [6.07, 6.45) is 6.37. The molecule has 0 aliphatic carbocycles. The summed E-state index contributed by atoms with van der Waals surface area (Å²) in [5.74, 6) is 0.542. The first-order valence-electron chi connectivity index (χ1n) is 5.85. The molecule has 2 rings (SSSR count). The van der Waals surface area contributed by atoms with Gasteiger partial charge in [-0.25, -0.2) is 4.98 Å². The first-order chi connectivity index (χ1) is 9.70. The Kier molecular flexibility index (Phi) is 4.33. The van der Waals surface area contributed by atoms with Crippen LogP contribution in [0.3, 0.4) is 0 Å². The number of ether oxygens (including phenoxy) is 1. The molecule has 0 radical (unpaired) electrons. The first kappa shape index (κ1) is 13.6. The fourth-order valence-electron chi connectivity index (χ4n) is 1.40. The normalized spacial score (nSPS) is 12.3. The molecule has 0 unspecified atom stereocenters. The van der Waals surface area contributed by atoms with Gasteiger partial charge in [0.1, 0.15) is 5.69 Å². The van der Waals surface area contributed by atoms with Gasteiger partial charge in [-0.1, -0.05) is 0 Å². The molecule has 0 atom stereocenters. The number of amidine groups is 1. The van der Waals surface area contributed by atoms with Crippen LogP contribution in [-0.4, -0.2) is 33.6 Å². The molecular weight excluding hydrogens is 256 g/mol. The molecule has 0 aliphatic rings. The number of aromatic nitrogens is 3. The van der Waals surface area contributed by atoms with Crippen molar-refractivity contribution in [2.24, 2.45) is 15.9 Å². The Balaban J connectivity index is 2.22. The van der Waals surface area contributed by atoms with Crippen molar-refractivity contribution < 1.29 is 4.74 Å². The quantitative estimate of drug-likeness (QED) is 0.508. The number of hydrogen-bond acceptors (Lipinski definition) is 6. The Bertz CT molecular complexity index is 638. The zero-order valence-corrected chi connectivity index (χ0v) is 11.2. The van der Waals surface area contributed by atoms with E-state index in [0.717, 1.165) is 11.3 Å². The number of nitrogens with two attached hydrogens (primary N) is 1. The van der Waals surface area contributed by atoms with Crippen molar-refractivity contribution in [2.75, 3.05) is 7.11 Å². The second-order valence-corrected chi connectivity index (χ2v) is 3.85. The second-order valence-electron chi connectivity index (χ2n) is 3.85. The number of rotatable bonds is 4. The summed E-state index contributed by atoms with van der Waals surface area (Å²) in [7, 11) is 1.51. The predicted molar refractivity (Wildman–Crippen MR) is 75.8 cm³/mol. The molecule has 0 saturated carbocycles. The highest BCUT2D eigenvalue weighted by Crippen LogP contribution is 2.04. The van der Waals surface area contributed by atoms with E-state index in [1.807, 2.05) is 19.1 Å². The molecule has 102 valence electrons. The van der Waals surface area contributed by atoms with E-state index in [1.54, 1.807) is 12.4 Å². The average molecular weight is 270 g/mol. The SMILES string of the molecule is COc1cncc(/C(N)=N\N=C(\C)c2ccncc2)n1. The third-order valence-corrected chi connectivity index (χ3v) is 2.49. The van der Waals surface area contributed by atoms with E-state index in [2.05, 4.69) is 25.2 Å². The van der Waals surface area contributed by atoms with Crippen molar-refractivity contribution in [3.63, 3.8) is 0 Å². The van der Waals surface area contributed by atoms with Crippen molar-refractivity contribution in [3.05, 3.63) is 48.2 Å². The van der Waals surface area contributed by atoms with Crippen LogP contribution in [0.25, 0.3) is 0 Å². The van der Waals surface area contributed by atoms with Gasteiger partial charge in [-0.05, 0) is 19.1 Å². The van der Waals surface area contributed by atoms with Gasteiger partial charge in [-0.15, -0.1) is 5.10 Å². The lowest BCUT2D eigenvalue weighted by molar-refractivity contribution is 0.395. The standard InChI is InChI=1S/C13H14N6O/c1-9(10-3-5-15-6-4-10)18-19-13(14)11-7-16-8-12(17-11)20-2/h3-8H,1-2H3,(H2,14,19)/b18-9-. The average Bonchev–Trinajstić information content (AvgIpc) is 2.53. The molecule has 0 aliphatic heterocycles. The van der Waals surface area contributed by atoms with Gasteiger partial charge >= 0.3 is 0 Å². The number of methoxy groups -OCH3 is 1. The summed E-state index contributed by atoms with van der Waals surface area (Å²) in [5.41, 5.74) is 7.88. The molecular formula is C13H14N6O. The Morgan fingerprint density at radius 2 is 1.90 bits per heavy atom. The number of nitrogens with zero attached hydrogens (tertiary/aromatic N) is 5. The minimum Gasteiger partial charge on any atom is -0.480 e. The molecule has 7 nitrogen and oxygen atoms in total. The van der Waals surface area contributed by atoms with Crippen molar-refractivity contribution >= 4 is 11.5 Å². The third kappa shape index (κ3) is 3.35. The van der Waals surface area contributed by atoms with Gasteiger partial charge in [0, 0.05) is 18.0 Å². The highest BCUT2D eigenvalue weighted by Gasteiger charge is 2.03. The molecule has 0 fully saturated rings. The van der Waals surface area contributed by atoms with Gasteiger partial charge < -0.3 is 10.5 Å². The van der Waals surface area contributed by atoms with E-state index in [-0.39, 0.29) is 5.84 Å². The van der Waals surface area contributed by atoms with Crippen LogP contribution in [0.2, 0.25) is 0 Å². The largest absolute Gasteiger partial charge is 0.480 e. The van der Waals surface area contributed by atoms with Crippen molar-refractivity contribution in [2.45, 2.75) is 6.92 Å². The lowest BCUT2D eigenvalue weighted by atomic mass is 10.2. The van der Waals surface area contributed by atoms with Gasteiger partial charge in [0.05, 0.1) is 25.2 Å². The minimum absolute atomic E-state index is 0.171. The summed E-state index contributed by atoms with van der Waals surface area (Å²) in [6.45, 7) is 1.84. The van der Waals surface area contributed by atoms with Gasteiger partial charge in [0.25, 0.3) is 0 Å². The molecule has 0 aromatic carbocycles. The maximum absolute atomic E-state index is 5.82. The fourth-order valence-corrected chi connectivity index (χ4v) is 1.40. The molecule has 2 heterocycles. The maximum Gasteiger partial charge on any atom is 0.232 e. The predicted octanol–water partition coefficient (Wildman–Crippen LogP) is 1.01. The Morgan fingerprint density at radius 1 is 1.15 bits per heavy atom. The molecule has 0 saturated heterocycles. The van der Waals surface area contributed by atoms with Crippen LogP contribution in [0.4, 0.5) is 0 Å². The number of pyridine rings is 1. The van der Waals surface area contributed by atoms with E-state index in [4.69, 9.17) is 10.5 Å². The summed E-state index contributed by atoms with van der Waals surface area (Å²) in [6, 6.07) is 3.69. The van der Waals surface area contributed by atoms with Crippen LogP contribution in [0.5, 0.6) is 5.88 Å². The van der Waals surface area contributed by atoms with Gasteiger partial charge in [-0.3, -0.25) is 9.97 Å². The summed E-state index contributed by atoms with van der Waals surface area (Å²) >= 11 is 0. The van der Waals surface area contributed by atoms with Crippen LogP contribution in [-0.2, 0) is 0 Å². The Hall–Kier alpha value is -2.83. The smallest absolute Gasteiger partial charge is 0.232 e. The molecule has 0 bridgehead atoms. The Labute approximate surface area is 116 Å². The lowest BCUT2D eigenvalue weighted by Gasteiger charge is -2.01. The van der Waals surface area contributed by atoms with E-state index < -0.39 is 0 Å². The zero-order valence-electron chi connectivity index (χ0n) is 11.2. The molecule has 2 N–H and O–H groups in total. The molecule has 2 aromatic heterocycles. The zero-order chi connectivity index (χ0) is 14.4. The lowest BCUT2D eigenvalue weighted by Crippen LogP contribution is -2.15. The first-order valence-corrected chi connectivity index (χ1v) is 5.85. The third-order valence-electron chi connectivity index (χ3n) is 2.49. The molecule has 0 spiro atoms. The maximum atomic E-state index is 5.82. The summed E-state index contributed by atoms with van der Waals surface area (Å²) < 4.78 is 4.97. The molecule has 20 heavy (non-hydrogen) atoms. The molecule has 2 aromatic rings. The molecule has 0 amide bonds. The fraction of sp³-hybridized carbons (Fsp3) is 0.154. The van der Waals surface area contributed by atoms with Gasteiger partial charge in [0.15, 0.2) is 5.84 Å². The Morgan fingerprint density at radius 3 is 2.60 bits per heavy atom. The van der Waals surface area contributed by atoms with Crippen molar-refractivity contribution in [1.82, 2.24) is 15.0 Å². The van der Waals surface area contributed by atoms with Gasteiger partial charge in [-0.2, -0.15) is 5.10 Å². The van der Waals surface area contributed by atoms with Crippen molar-refractivity contribution in [3.8, 4) is 5.88 Å². The molecule has 7 heteroatoms. The number of hydrogen-bond donors (Lipinski definition) is 1. The van der Waals surface area contributed by atoms with Crippen LogP contribution in [0, 0.1) is 0 Å².